The molecule has 0 aliphatic heterocycles. The molecule has 0 aliphatic rings. The predicted octanol–water partition coefficient (Wildman–Crippen LogP) is 3.53. The predicted molar refractivity (Wildman–Crippen MR) is 60.7 cm³/mol. The molecule has 0 spiro atoms. The Bertz CT molecular complexity index is 359. The molecule has 1 atom stereocenters. The average molecular weight is 321 g/mol. The summed E-state index contributed by atoms with van der Waals surface area (Å²) >= 11 is 3.08. The third kappa shape index (κ3) is 4.59. The second-order valence-electron chi connectivity index (χ2n) is 3.13. The lowest BCUT2D eigenvalue weighted by atomic mass is 10.0. The molecule has 0 unspecified atom stereocenters. The maximum Gasteiger partial charge on any atom is 0.390 e. The van der Waals surface area contributed by atoms with Crippen LogP contribution in [-0.4, -0.2) is 11.3 Å². The molecule has 16 heavy (non-hydrogen) atoms. The van der Waals surface area contributed by atoms with Gasteiger partial charge < -0.3 is 10.8 Å². The van der Waals surface area contributed by atoms with Gasteiger partial charge in [-0.1, -0.05) is 15.9 Å². The van der Waals surface area contributed by atoms with Gasteiger partial charge in [0.2, 0.25) is 0 Å². The lowest BCUT2D eigenvalue weighted by Crippen LogP contribution is -2.20. The van der Waals surface area contributed by atoms with Crippen molar-refractivity contribution in [2.75, 3.05) is 0 Å². The van der Waals surface area contributed by atoms with Gasteiger partial charge in [-0.2, -0.15) is 13.2 Å². The fraction of sp³-hybridized carbons (Fsp3) is 0.333. The number of phenols is 1. The summed E-state index contributed by atoms with van der Waals surface area (Å²) in [6, 6.07) is 2.88. The van der Waals surface area contributed by atoms with Crippen molar-refractivity contribution in [3.05, 3.63) is 28.2 Å². The van der Waals surface area contributed by atoms with Crippen molar-refractivity contribution in [2.24, 2.45) is 5.73 Å². The third-order valence-corrected chi connectivity index (χ3v) is 2.55. The number of rotatable bonds is 2. The van der Waals surface area contributed by atoms with Gasteiger partial charge in [-0.3, -0.25) is 0 Å². The van der Waals surface area contributed by atoms with E-state index in [2.05, 4.69) is 15.9 Å². The summed E-state index contributed by atoms with van der Waals surface area (Å²) in [6.07, 6.45) is -5.43. The Kier molecular flexibility index (Phi) is 5.58. The van der Waals surface area contributed by atoms with Gasteiger partial charge >= 0.3 is 6.18 Å². The molecule has 0 saturated carbocycles. The smallest absolute Gasteiger partial charge is 0.390 e. The summed E-state index contributed by atoms with van der Waals surface area (Å²) in [5.74, 6) is -0.106. The molecule has 0 bridgehead atoms. The van der Waals surface area contributed by atoms with E-state index in [0.717, 1.165) is 0 Å². The Morgan fingerprint density at radius 3 is 2.44 bits per heavy atom. The zero-order valence-electron chi connectivity index (χ0n) is 7.96. The second kappa shape index (κ2) is 5.75. The summed E-state index contributed by atoms with van der Waals surface area (Å²) in [7, 11) is 0. The molecule has 0 heterocycles. The summed E-state index contributed by atoms with van der Waals surface area (Å²) in [5.41, 5.74) is 5.63. The van der Waals surface area contributed by atoms with Gasteiger partial charge in [0, 0.05) is 10.5 Å². The van der Waals surface area contributed by atoms with E-state index in [1.54, 1.807) is 0 Å². The average Bonchev–Trinajstić information content (AvgIpc) is 2.06. The number of nitrogens with two attached hydrogens (primary N) is 1. The van der Waals surface area contributed by atoms with Gasteiger partial charge in [-0.25, -0.2) is 0 Å². The van der Waals surface area contributed by atoms with Crippen LogP contribution in [0.25, 0.3) is 0 Å². The van der Waals surface area contributed by atoms with Crippen LogP contribution in [0, 0.1) is 0 Å². The van der Waals surface area contributed by atoms with Crippen molar-refractivity contribution in [3.63, 3.8) is 0 Å². The minimum atomic E-state index is -4.32. The van der Waals surface area contributed by atoms with Gasteiger partial charge in [0.1, 0.15) is 5.75 Å². The Hall–Kier alpha value is -0.460. The number of hydrogen-bond acceptors (Lipinski definition) is 2. The molecule has 0 amide bonds. The lowest BCUT2D eigenvalue weighted by molar-refractivity contribution is -0.138. The number of aromatic hydroxyl groups is 1. The molecular weight excluding hydrogens is 310 g/mol. The standard InChI is InChI=1S/C9H9BrF3NO.ClH/c10-7-2-1-5(15)3-6(7)8(14)4-9(11,12)13;/h1-3,8,15H,4,14H2;1H/t8-;/m1./s1. The van der Waals surface area contributed by atoms with E-state index in [4.69, 9.17) is 10.8 Å². The summed E-state index contributed by atoms with van der Waals surface area (Å²) in [6.45, 7) is 0. The van der Waals surface area contributed by atoms with Crippen LogP contribution in [0.5, 0.6) is 5.75 Å². The molecule has 7 heteroatoms. The number of hydrogen-bond donors (Lipinski definition) is 2. The van der Waals surface area contributed by atoms with Crippen molar-refractivity contribution in [1.29, 1.82) is 0 Å². The fourth-order valence-corrected chi connectivity index (χ4v) is 1.72. The first-order valence-electron chi connectivity index (χ1n) is 4.10. The highest BCUT2D eigenvalue weighted by molar-refractivity contribution is 9.10. The summed E-state index contributed by atoms with van der Waals surface area (Å²) in [4.78, 5) is 0. The van der Waals surface area contributed by atoms with E-state index in [1.807, 2.05) is 0 Å². The highest BCUT2D eigenvalue weighted by Gasteiger charge is 2.31. The maximum atomic E-state index is 12.1. The SMILES string of the molecule is Cl.N[C@H](CC(F)(F)F)c1cc(O)ccc1Br. The van der Waals surface area contributed by atoms with Crippen LogP contribution in [0.3, 0.4) is 0 Å². The zero-order chi connectivity index (χ0) is 11.6. The minimum absolute atomic E-state index is 0. The first-order chi connectivity index (χ1) is 6.79. The number of phenolic OH excluding ortho intramolecular Hbond substituents is 1. The first-order valence-corrected chi connectivity index (χ1v) is 4.89. The van der Waals surface area contributed by atoms with Crippen LogP contribution >= 0.6 is 28.3 Å². The number of halogens is 5. The van der Waals surface area contributed by atoms with E-state index in [-0.39, 0.29) is 23.7 Å². The third-order valence-electron chi connectivity index (χ3n) is 1.83. The molecule has 0 aromatic heterocycles. The normalized spacial score (nSPS) is 13.1. The molecule has 0 saturated heterocycles. The molecule has 3 N–H and O–H groups in total. The van der Waals surface area contributed by atoms with Crippen LogP contribution in [0.2, 0.25) is 0 Å². The topological polar surface area (TPSA) is 46.2 Å². The fourth-order valence-electron chi connectivity index (χ4n) is 1.17. The van der Waals surface area contributed by atoms with Crippen molar-refractivity contribution in [1.82, 2.24) is 0 Å². The Balaban J connectivity index is 0.00000225. The van der Waals surface area contributed by atoms with Crippen LogP contribution < -0.4 is 5.73 Å². The quantitative estimate of drug-likeness (QED) is 0.875. The largest absolute Gasteiger partial charge is 0.508 e. The molecule has 0 fully saturated rings. The molecule has 92 valence electrons. The van der Waals surface area contributed by atoms with Gasteiger partial charge in [-0.15, -0.1) is 12.4 Å². The summed E-state index contributed by atoms with van der Waals surface area (Å²) < 4.78 is 36.7. The monoisotopic (exact) mass is 319 g/mol. The van der Waals surface area contributed by atoms with Gasteiger partial charge in [0.25, 0.3) is 0 Å². The van der Waals surface area contributed by atoms with Crippen molar-refractivity contribution in [3.8, 4) is 5.75 Å². The molecule has 0 aliphatic carbocycles. The van der Waals surface area contributed by atoms with Gasteiger partial charge in [0.05, 0.1) is 6.42 Å². The van der Waals surface area contributed by atoms with E-state index in [9.17, 15) is 13.2 Å². The van der Waals surface area contributed by atoms with E-state index in [0.29, 0.717) is 4.47 Å². The lowest BCUT2D eigenvalue weighted by Gasteiger charge is -2.16. The first kappa shape index (κ1) is 15.5. The minimum Gasteiger partial charge on any atom is -0.508 e. The van der Waals surface area contributed by atoms with Crippen molar-refractivity contribution < 1.29 is 18.3 Å². The van der Waals surface area contributed by atoms with E-state index in [1.165, 1.54) is 18.2 Å². The van der Waals surface area contributed by atoms with Crippen molar-refractivity contribution >= 4 is 28.3 Å². The molecule has 1 rings (SSSR count). The van der Waals surface area contributed by atoms with E-state index < -0.39 is 18.6 Å². The molecule has 0 radical (unpaired) electrons. The second-order valence-corrected chi connectivity index (χ2v) is 3.99. The number of alkyl halides is 3. The number of benzene rings is 1. The molecule has 2 nitrogen and oxygen atoms in total. The molecular formula is C9H10BrClF3NO. The van der Waals surface area contributed by atoms with Gasteiger partial charge in [-0.05, 0) is 23.8 Å². The van der Waals surface area contributed by atoms with Crippen LogP contribution in [-0.2, 0) is 0 Å². The molecule has 1 aromatic carbocycles. The van der Waals surface area contributed by atoms with Crippen LogP contribution in [0.4, 0.5) is 13.2 Å². The zero-order valence-corrected chi connectivity index (χ0v) is 10.4. The van der Waals surface area contributed by atoms with Gasteiger partial charge in [0.15, 0.2) is 0 Å². The molecule has 1 aromatic rings. The van der Waals surface area contributed by atoms with Crippen molar-refractivity contribution in [2.45, 2.75) is 18.6 Å². The maximum absolute atomic E-state index is 12.1. The Labute approximate surface area is 105 Å². The Morgan fingerprint density at radius 1 is 1.38 bits per heavy atom. The van der Waals surface area contributed by atoms with E-state index >= 15 is 0 Å². The van der Waals surface area contributed by atoms with Crippen LogP contribution in [0.1, 0.15) is 18.0 Å². The highest BCUT2D eigenvalue weighted by atomic mass is 79.9. The highest BCUT2D eigenvalue weighted by Crippen LogP contribution is 2.33. The van der Waals surface area contributed by atoms with Crippen LogP contribution in [0.15, 0.2) is 22.7 Å². The summed E-state index contributed by atoms with van der Waals surface area (Å²) in [5, 5.41) is 9.13. The Morgan fingerprint density at radius 2 is 1.94 bits per heavy atom.